The lowest BCUT2D eigenvalue weighted by Gasteiger charge is -2.19. The first-order chi connectivity index (χ1) is 9.76. The second-order valence-corrected chi connectivity index (χ2v) is 5.66. The van der Waals surface area contributed by atoms with Crippen molar-refractivity contribution in [1.82, 2.24) is 10.2 Å². The summed E-state index contributed by atoms with van der Waals surface area (Å²) in [4.78, 5) is 15.1. The first kappa shape index (κ1) is 15.0. The van der Waals surface area contributed by atoms with Crippen molar-refractivity contribution in [1.29, 1.82) is 0 Å². The van der Waals surface area contributed by atoms with Crippen LogP contribution in [0.5, 0.6) is 0 Å². The molecule has 0 spiro atoms. The lowest BCUT2D eigenvalue weighted by atomic mass is 10.2. The first-order valence-corrected chi connectivity index (χ1v) is 7.83. The van der Waals surface area contributed by atoms with Gasteiger partial charge in [0.15, 0.2) is 0 Å². The van der Waals surface area contributed by atoms with Crippen LogP contribution in [0.25, 0.3) is 0 Å². The largest absolute Gasteiger partial charge is 0.384 e. The molecule has 1 aliphatic rings. The topological polar surface area (TPSA) is 52.6 Å². The van der Waals surface area contributed by atoms with E-state index in [-0.39, 0.29) is 12.5 Å². The quantitative estimate of drug-likeness (QED) is 0.777. The summed E-state index contributed by atoms with van der Waals surface area (Å²) in [7, 11) is 0. The van der Waals surface area contributed by atoms with E-state index in [0.717, 1.165) is 19.1 Å². The summed E-state index contributed by atoms with van der Waals surface area (Å²) >= 11 is 1.38. The summed E-state index contributed by atoms with van der Waals surface area (Å²) < 4.78 is 0. The normalized spacial score (nSPS) is 13.9. The fourth-order valence-corrected chi connectivity index (χ4v) is 2.92. The number of carbonyl (C=O) groups excluding carboxylic acids is 1. The number of aliphatic hydroxyl groups is 1. The fraction of sp³-hybridized carbons (Fsp3) is 0.533. The summed E-state index contributed by atoms with van der Waals surface area (Å²) in [5, 5.41) is 13.5. The third kappa shape index (κ3) is 4.07. The summed E-state index contributed by atoms with van der Waals surface area (Å²) in [6.45, 7) is 4.56. The van der Waals surface area contributed by atoms with Gasteiger partial charge < -0.3 is 10.4 Å². The van der Waals surface area contributed by atoms with Crippen molar-refractivity contribution in [2.24, 2.45) is 0 Å². The second kappa shape index (κ2) is 7.44. The molecule has 0 radical (unpaired) electrons. The van der Waals surface area contributed by atoms with E-state index in [1.807, 2.05) is 11.4 Å². The van der Waals surface area contributed by atoms with E-state index in [1.54, 1.807) is 0 Å². The van der Waals surface area contributed by atoms with Gasteiger partial charge >= 0.3 is 0 Å². The lowest BCUT2D eigenvalue weighted by Crippen LogP contribution is -2.36. The maximum atomic E-state index is 12.1. The van der Waals surface area contributed by atoms with Gasteiger partial charge in [0.25, 0.3) is 5.91 Å². The molecule has 0 aliphatic heterocycles. The highest BCUT2D eigenvalue weighted by Gasteiger charge is 2.27. The molecule has 1 fully saturated rings. The van der Waals surface area contributed by atoms with E-state index < -0.39 is 0 Å². The maximum Gasteiger partial charge on any atom is 0.262 e. The molecule has 1 aromatic rings. The van der Waals surface area contributed by atoms with Crippen LogP contribution in [-0.4, -0.2) is 48.2 Å². The van der Waals surface area contributed by atoms with Gasteiger partial charge in [0, 0.05) is 24.7 Å². The molecule has 20 heavy (non-hydrogen) atoms. The van der Waals surface area contributed by atoms with Gasteiger partial charge in [-0.15, -0.1) is 11.3 Å². The highest BCUT2D eigenvalue weighted by atomic mass is 32.1. The number of hydrogen-bond acceptors (Lipinski definition) is 4. The van der Waals surface area contributed by atoms with Crippen molar-refractivity contribution in [2.75, 3.05) is 26.2 Å². The van der Waals surface area contributed by atoms with Gasteiger partial charge in [0.1, 0.15) is 11.5 Å². The van der Waals surface area contributed by atoms with Crippen molar-refractivity contribution in [3.63, 3.8) is 0 Å². The Bertz CT molecular complexity index is 511. The third-order valence-electron chi connectivity index (χ3n) is 3.33. The molecule has 0 atom stereocenters. The van der Waals surface area contributed by atoms with E-state index in [4.69, 9.17) is 5.11 Å². The van der Waals surface area contributed by atoms with E-state index in [2.05, 4.69) is 29.0 Å². The van der Waals surface area contributed by atoms with E-state index in [9.17, 15) is 4.79 Å². The van der Waals surface area contributed by atoms with Gasteiger partial charge in [-0.25, -0.2) is 0 Å². The summed E-state index contributed by atoms with van der Waals surface area (Å²) in [5.41, 5.74) is 0.691. The molecule has 2 rings (SSSR count). The molecular weight excluding hydrogens is 272 g/mol. The zero-order valence-electron chi connectivity index (χ0n) is 11.7. The molecule has 1 aliphatic carbocycles. The van der Waals surface area contributed by atoms with Gasteiger partial charge in [0.2, 0.25) is 0 Å². The van der Waals surface area contributed by atoms with Crippen molar-refractivity contribution in [2.45, 2.75) is 25.8 Å². The van der Waals surface area contributed by atoms with E-state index in [1.165, 1.54) is 24.2 Å². The average molecular weight is 292 g/mol. The monoisotopic (exact) mass is 292 g/mol. The Hall–Kier alpha value is -1.35. The maximum absolute atomic E-state index is 12.1. The highest BCUT2D eigenvalue weighted by Crippen LogP contribution is 2.25. The summed E-state index contributed by atoms with van der Waals surface area (Å²) in [5.74, 6) is 5.30. The minimum absolute atomic E-state index is 0.0749. The van der Waals surface area contributed by atoms with Crippen LogP contribution in [0.1, 0.15) is 35.0 Å². The highest BCUT2D eigenvalue weighted by molar-refractivity contribution is 7.12. The van der Waals surface area contributed by atoms with Crippen LogP contribution < -0.4 is 5.32 Å². The first-order valence-electron chi connectivity index (χ1n) is 6.95. The molecule has 1 saturated carbocycles. The van der Waals surface area contributed by atoms with Crippen LogP contribution in [0, 0.1) is 11.8 Å². The Labute approximate surface area is 123 Å². The number of thiophene rings is 1. The molecule has 0 aromatic carbocycles. The molecule has 0 bridgehead atoms. The standard InChI is InChI=1S/C15H20N2O2S/c1-2-17(13-5-6-13)9-8-16-15(19)14-12(4-3-10-18)7-11-20-14/h7,11,13,18H,2,5-6,8-10H2,1H3,(H,16,19). The predicted octanol–water partition coefficient (Wildman–Crippen LogP) is 1.31. The SMILES string of the molecule is CCN(CCNC(=O)c1sccc1C#CCO)C1CC1. The Morgan fingerprint density at radius 1 is 1.60 bits per heavy atom. The lowest BCUT2D eigenvalue weighted by molar-refractivity contribution is 0.0952. The number of rotatable bonds is 6. The Balaban J connectivity index is 1.84. The van der Waals surface area contributed by atoms with Crippen LogP contribution in [0.2, 0.25) is 0 Å². The number of hydrogen-bond donors (Lipinski definition) is 2. The Morgan fingerprint density at radius 2 is 2.40 bits per heavy atom. The number of carbonyl (C=O) groups is 1. The number of nitrogens with zero attached hydrogens (tertiary/aromatic N) is 1. The molecular formula is C15H20N2O2S. The fourth-order valence-electron chi connectivity index (χ4n) is 2.15. The van der Waals surface area contributed by atoms with Gasteiger partial charge in [-0.1, -0.05) is 18.8 Å². The van der Waals surface area contributed by atoms with Crippen LogP contribution in [-0.2, 0) is 0 Å². The van der Waals surface area contributed by atoms with Gasteiger partial charge in [-0.3, -0.25) is 9.69 Å². The molecule has 108 valence electrons. The zero-order valence-corrected chi connectivity index (χ0v) is 12.5. The van der Waals surface area contributed by atoms with Crippen molar-refractivity contribution in [3.8, 4) is 11.8 Å². The van der Waals surface area contributed by atoms with Crippen molar-refractivity contribution < 1.29 is 9.90 Å². The molecule has 1 amide bonds. The van der Waals surface area contributed by atoms with Crippen molar-refractivity contribution >= 4 is 17.2 Å². The Kier molecular flexibility index (Phi) is 5.60. The molecule has 2 N–H and O–H groups in total. The van der Waals surface area contributed by atoms with Gasteiger partial charge in [-0.2, -0.15) is 0 Å². The van der Waals surface area contributed by atoms with Gasteiger partial charge in [-0.05, 0) is 30.8 Å². The number of likely N-dealkylation sites (N-methyl/N-ethyl adjacent to an activating group) is 1. The molecule has 1 aromatic heterocycles. The minimum Gasteiger partial charge on any atom is -0.384 e. The molecule has 0 unspecified atom stereocenters. The van der Waals surface area contributed by atoms with Crippen molar-refractivity contribution in [3.05, 3.63) is 21.9 Å². The van der Waals surface area contributed by atoms with E-state index >= 15 is 0 Å². The van der Waals surface area contributed by atoms with Gasteiger partial charge in [0.05, 0.1) is 0 Å². The zero-order chi connectivity index (χ0) is 14.4. The summed E-state index contributed by atoms with van der Waals surface area (Å²) in [6.07, 6.45) is 2.57. The number of nitrogens with one attached hydrogen (secondary N) is 1. The van der Waals surface area contributed by atoms with Crippen LogP contribution in [0.3, 0.4) is 0 Å². The van der Waals surface area contributed by atoms with E-state index in [0.29, 0.717) is 17.0 Å². The van der Waals surface area contributed by atoms with Crippen LogP contribution in [0.15, 0.2) is 11.4 Å². The third-order valence-corrected chi connectivity index (χ3v) is 4.24. The second-order valence-electron chi connectivity index (χ2n) is 4.74. The minimum atomic E-state index is -0.191. The molecule has 4 nitrogen and oxygen atoms in total. The number of amides is 1. The average Bonchev–Trinajstić information content (AvgIpc) is 3.18. The van der Waals surface area contributed by atoms with Crippen LogP contribution in [0.4, 0.5) is 0 Å². The molecule has 1 heterocycles. The predicted molar refractivity (Wildman–Crippen MR) is 80.9 cm³/mol. The number of aliphatic hydroxyl groups excluding tert-OH is 1. The summed E-state index contributed by atoms with van der Waals surface area (Å²) in [6, 6.07) is 2.54. The molecule has 0 saturated heterocycles. The Morgan fingerprint density at radius 3 is 3.05 bits per heavy atom. The smallest absolute Gasteiger partial charge is 0.262 e. The van der Waals surface area contributed by atoms with Crippen LogP contribution >= 0.6 is 11.3 Å². The molecule has 5 heteroatoms.